The SMILES string of the molecule is COc1cccc(F)c1-c1nccc2c1CN(c1cc(C)nc(N3C[C@@H]4C[C@H]3CN4C)n1)C2=O. The van der Waals surface area contributed by atoms with Crippen molar-refractivity contribution in [2.24, 2.45) is 0 Å². The molecule has 1 amide bonds. The Labute approximate surface area is 197 Å². The number of likely N-dealkylation sites (N-methyl/N-ethyl adjacent to an activating group) is 1. The van der Waals surface area contributed by atoms with Gasteiger partial charge in [0.05, 0.1) is 24.9 Å². The Morgan fingerprint density at radius 3 is 2.74 bits per heavy atom. The van der Waals surface area contributed by atoms with E-state index in [0.29, 0.717) is 46.4 Å². The van der Waals surface area contributed by atoms with E-state index in [1.54, 1.807) is 23.1 Å². The van der Waals surface area contributed by atoms with Gasteiger partial charge in [-0.05, 0) is 38.6 Å². The van der Waals surface area contributed by atoms with E-state index in [4.69, 9.17) is 9.72 Å². The predicted octanol–water partition coefficient (Wildman–Crippen LogP) is 3.05. The van der Waals surface area contributed by atoms with Crippen LogP contribution in [0.15, 0.2) is 36.5 Å². The highest BCUT2D eigenvalue weighted by atomic mass is 19.1. The number of hydrogen-bond donors (Lipinski definition) is 0. The van der Waals surface area contributed by atoms with E-state index in [1.807, 2.05) is 13.0 Å². The van der Waals surface area contributed by atoms with E-state index in [1.165, 1.54) is 19.4 Å². The molecule has 5 heterocycles. The second kappa shape index (κ2) is 7.73. The van der Waals surface area contributed by atoms with E-state index < -0.39 is 5.82 Å². The van der Waals surface area contributed by atoms with E-state index in [-0.39, 0.29) is 18.0 Å². The van der Waals surface area contributed by atoms with Crippen molar-refractivity contribution >= 4 is 17.7 Å². The first-order valence-corrected chi connectivity index (χ1v) is 11.4. The molecule has 3 aliphatic heterocycles. The summed E-state index contributed by atoms with van der Waals surface area (Å²) in [5.41, 5.74) is 2.63. The van der Waals surface area contributed by atoms with E-state index in [0.717, 1.165) is 25.2 Å². The fraction of sp³-hybridized carbons (Fsp3) is 0.360. The number of benzene rings is 1. The van der Waals surface area contributed by atoms with Crippen molar-refractivity contribution in [2.75, 3.05) is 37.0 Å². The lowest BCUT2D eigenvalue weighted by Crippen LogP contribution is -2.45. The second-order valence-electron chi connectivity index (χ2n) is 9.20. The third-order valence-electron chi connectivity index (χ3n) is 7.16. The molecule has 6 rings (SSSR count). The van der Waals surface area contributed by atoms with Crippen molar-refractivity contribution in [3.63, 3.8) is 0 Å². The molecule has 3 aromatic rings. The zero-order chi connectivity index (χ0) is 23.6. The monoisotopic (exact) mass is 460 g/mol. The number of pyridine rings is 1. The molecule has 2 saturated heterocycles. The smallest absolute Gasteiger partial charge is 0.260 e. The molecule has 3 aliphatic rings. The van der Waals surface area contributed by atoms with Gasteiger partial charge in [-0.25, -0.2) is 9.37 Å². The number of halogens is 1. The molecule has 8 nitrogen and oxygen atoms in total. The minimum absolute atomic E-state index is 0.180. The highest BCUT2D eigenvalue weighted by Crippen LogP contribution is 2.39. The maximum Gasteiger partial charge on any atom is 0.260 e. The molecule has 2 bridgehead atoms. The Hall–Kier alpha value is -3.59. The molecule has 2 atom stereocenters. The molecule has 9 heteroatoms. The number of carbonyl (C=O) groups is 1. The van der Waals surface area contributed by atoms with Crippen LogP contribution in [0.5, 0.6) is 5.75 Å². The van der Waals surface area contributed by atoms with Gasteiger partial charge in [0.15, 0.2) is 0 Å². The summed E-state index contributed by atoms with van der Waals surface area (Å²) in [6, 6.07) is 9.06. The number of rotatable bonds is 4. The molecule has 34 heavy (non-hydrogen) atoms. The second-order valence-corrected chi connectivity index (χ2v) is 9.20. The van der Waals surface area contributed by atoms with Crippen LogP contribution in [-0.2, 0) is 6.54 Å². The van der Waals surface area contributed by atoms with Crippen LogP contribution in [0.1, 0.15) is 28.0 Å². The summed E-state index contributed by atoms with van der Waals surface area (Å²) in [5, 5.41) is 0. The minimum atomic E-state index is -0.444. The number of anilines is 2. The summed E-state index contributed by atoms with van der Waals surface area (Å²) < 4.78 is 20.2. The van der Waals surface area contributed by atoms with E-state index in [2.05, 4.69) is 26.8 Å². The van der Waals surface area contributed by atoms with Gasteiger partial charge in [0, 0.05) is 54.3 Å². The average Bonchev–Trinajstić information content (AvgIpc) is 3.51. The fourth-order valence-electron chi connectivity index (χ4n) is 5.45. The molecular weight excluding hydrogens is 435 g/mol. The molecule has 2 aromatic heterocycles. The van der Waals surface area contributed by atoms with Gasteiger partial charge in [-0.3, -0.25) is 19.6 Å². The van der Waals surface area contributed by atoms with Crippen LogP contribution >= 0.6 is 0 Å². The highest BCUT2D eigenvalue weighted by molar-refractivity contribution is 6.10. The van der Waals surface area contributed by atoms with E-state index in [9.17, 15) is 9.18 Å². The molecule has 0 radical (unpaired) electrons. The number of nitrogens with zero attached hydrogens (tertiary/aromatic N) is 6. The third kappa shape index (κ3) is 3.14. The Morgan fingerprint density at radius 2 is 2.00 bits per heavy atom. The number of fused-ring (bicyclic) bond motifs is 3. The maximum absolute atomic E-state index is 14.8. The normalized spacial score (nSPS) is 21.5. The third-order valence-corrected chi connectivity index (χ3v) is 7.16. The summed E-state index contributed by atoms with van der Waals surface area (Å²) in [5.74, 6) is 0.960. The maximum atomic E-state index is 14.8. The molecule has 0 aliphatic carbocycles. The average molecular weight is 461 g/mol. The Bertz CT molecular complexity index is 1310. The molecule has 0 unspecified atom stereocenters. The largest absolute Gasteiger partial charge is 0.496 e. The first-order valence-electron chi connectivity index (χ1n) is 11.4. The number of aryl methyl sites for hydroxylation is 1. The zero-order valence-electron chi connectivity index (χ0n) is 19.3. The summed E-state index contributed by atoms with van der Waals surface area (Å²) in [7, 11) is 3.65. The lowest BCUT2D eigenvalue weighted by molar-refractivity contribution is 0.0996. The van der Waals surface area contributed by atoms with Crippen LogP contribution in [0, 0.1) is 12.7 Å². The number of hydrogen-bond acceptors (Lipinski definition) is 7. The zero-order valence-corrected chi connectivity index (χ0v) is 19.3. The first kappa shape index (κ1) is 21.0. The van der Waals surface area contributed by atoms with Gasteiger partial charge >= 0.3 is 0 Å². The van der Waals surface area contributed by atoms with Gasteiger partial charge in [-0.15, -0.1) is 0 Å². The molecule has 0 spiro atoms. The van der Waals surface area contributed by atoms with Gasteiger partial charge in [-0.2, -0.15) is 4.98 Å². The van der Waals surface area contributed by atoms with Gasteiger partial charge in [0.1, 0.15) is 17.4 Å². The van der Waals surface area contributed by atoms with Gasteiger partial charge in [0.2, 0.25) is 5.95 Å². The predicted molar refractivity (Wildman–Crippen MR) is 126 cm³/mol. The van der Waals surface area contributed by atoms with Crippen molar-refractivity contribution < 1.29 is 13.9 Å². The van der Waals surface area contributed by atoms with Crippen molar-refractivity contribution in [1.29, 1.82) is 0 Å². The van der Waals surface area contributed by atoms with Crippen molar-refractivity contribution in [3.8, 4) is 17.0 Å². The molecule has 0 N–H and O–H groups in total. The fourth-order valence-corrected chi connectivity index (χ4v) is 5.45. The quantitative estimate of drug-likeness (QED) is 0.592. The van der Waals surface area contributed by atoms with Gasteiger partial charge in [-0.1, -0.05) is 6.07 Å². The summed E-state index contributed by atoms with van der Waals surface area (Å²) in [4.78, 5) is 33.6. The molecule has 1 aromatic carbocycles. The Kier molecular flexibility index (Phi) is 4.77. The van der Waals surface area contributed by atoms with Crippen LogP contribution < -0.4 is 14.5 Å². The Morgan fingerprint density at radius 1 is 1.15 bits per heavy atom. The number of carbonyl (C=O) groups excluding carboxylic acids is 1. The number of methoxy groups -OCH3 is 1. The Balaban J connectivity index is 1.38. The summed E-state index contributed by atoms with van der Waals surface area (Å²) in [6.45, 7) is 4.05. The van der Waals surface area contributed by atoms with Crippen molar-refractivity contribution in [2.45, 2.75) is 32.0 Å². The lowest BCUT2D eigenvalue weighted by Gasteiger charge is -2.32. The van der Waals surface area contributed by atoms with Crippen LogP contribution in [0.4, 0.5) is 16.2 Å². The van der Waals surface area contributed by atoms with Crippen LogP contribution in [0.2, 0.25) is 0 Å². The summed E-state index contributed by atoms with van der Waals surface area (Å²) >= 11 is 0. The highest BCUT2D eigenvalue weighted by Gasteiger charge is 2.43. The van der Waals surface area contributed by atoms with Gasteiger partial charge < -0.3 is 9.64 Å². The van der Waals surface area contributed by atoms with Gasteiger partial charge in [0.25, 0.3) is 5.91 Å². The van der Waals surface area contributed by atoms with Crippen molar-refractivity contribution in [3.05, 3.63) is 59.2 Å². The number of likely N-dealkylation sites (tertiary alicyclic amines) is 1. The van der Waals surface area contributed by atoms with Crippen LogP contribution in [0.3, 0.4) is 0 Å². The molecule has 0 saturated carbocycles. The minimum Gasteiger partial charge on any atom is -0.496 e. The number of aromatic nitrogens is 3. The molecule has 174 valence electrons. The number of piperazine rings is 1. The molecular formula is C25H25FN6O2. The first-order chi connectivity index (χ1) is 16.4. The summed E-state index contributed by atoms with van der Waals surface area (Å²) in [6.07, 6.45) is 2.65. The standard InChI is InChI=1S/C25H25FN6O2/c1-14-9-21(29-25(28-14)31-12-15-10-16(31)11-30(15)2)32-13-18-17(24(32)33)7-8-27-23(18)22-19(26)5-4-6-20(22)34-3/h4-9,15-16H,10-13H2,1-3H3/t15-,16-/m0/s1. The van der Waals surface area contributed by atoms with Crippen molar-refractivity contribution in [1.82, 2.24) is 19.9 Å². The topological polar surface area (TPSA) is 74.7 Å². The molecule has 2 fully saturated rings. The van der Waals surface area contributed by atoms with Crippen LogP contribution in [-0.4, -0.2) is 65.1 Å². The lowest BCUT2D eigenvalue weighted by atomic mass is 10.0. The van der Waals surface area contributed by atoms with Crippen LogP contribution in [0.25, 0.3) is 11.3 Å². The van der Waals surface area contributed by atoms with E-state index >= 15 is 0 Å². The number of amides is 1. The number of ether oxygens (including phenoxy) is 1.